The number of nitrogens with zero attached hydrogens (tertiary/aromatic N) is 4. The highest BCUT2D eigenvalue weighted by Gasteiger charge is 2.13. The van der Waals surface area contributed by atoms with Gasteiger partial charge in [-0.15, -0.1) is 0 Å². The van der Waals surface area contributed by atoms with Crippen molar-refractivity contribution in [3.63, 3.8) is 0 Å². The number of anilines is 1. The van der Waals surface area contributed by atoms with Gasteiger partial charge in [-0.25, -0.2) is 4.98 Å². The molecule has 3 aromatic heterocycles. The lowest BCUT2D eigenvalue weighted by Crippen LogP contribution is -2.14. The largest absolute Gasteiger partial charge is 0.494 e. The van der Waals surface area contributed by atoms with Gasteiger partial charge in [0.05, 0.1) is 6.61 Å². The average molecular weight is 445 g/mol. The quantitative estimate of drug-likeness (QED) is 0.389. The molecule has 4 aromatic rings. The summed E-state index contributed by atoms with van der Waals surface area (Å²) in [6, 6.07) is 14.7. The molecule has 1 amide bonds. The van der Waals surface area contributed by atoms with E-state index in [1.54, 1.807) is 30.7 Å². The normalized spacial score (nSPS) is 10.6. The first kappa shape index (κ1) is 21.9. The summed E-state index contributed by atoms with van der Waals surface area (Å²) in [6.45, 7) is 2.87. The predicted octanol–water partition coefficient (Wildman–Crippen LogP) is 4.08. The lowest BCUT2D eigenvalue weighted by atomic mass is 10.2. The fraction of sp³-hybridized carbons (Fsp3) is 0.208. The Hall–Kier alpha value is -4.27. The fourth-order valence-corrected chi connectivity index (χ4v) is 3.00. The van der Waals surface area contributed by atoms with Crippen molar-refractivity contribution in [2.75, 3.05) is 11.9 Å². The first-order chi connectivity index (χ1) is 16.2. The van der Waals surface area contributed by atoms with E-state index in [0.717, 1.165) is 16.9 Å². The van der Waals surface area contributed by atoms with E-state index >= 15 is 0 Å². The van der Waals surface area contributed by atoms with Gasteiger partial charge >= 0.3 is 0 Å². The number of carbonyl (C=O) groups excluding carboxylic acids is 1. The first-order valence-electron chi connectivity index (χ1n) is 10.5. The molecule has 0 aliphatic rings. The molecule has 0 spiro atoms. The number of amides is 1. The van der Waals surface area contributed by atoms with Crippen LogP contribution in [0.25, 0.3) is 11.4 Å². The molecule has 9 nitrogen and oxygen atoms in total. The maximum atomic E-state index is 12.5. The van der Waals surface area contributed by atoms with Crippen LogP contribution in [-0.4, -0.2) is 32.6 Å². The zero-order valence-electron chi connectivity index (χ0n) is 18.1. The Morgan fingerprint density at radius 1 is 1.03 bits per heavy atom. The smallest absolute Gasteiger partial charge is 0.227 e. The molecule has 0 saturated carbocycles. The van der Waals surface area contributed by atoms with Gasteiger partial charge in [0.1, 0.15) is 12.4 Å². The molecule has 0 aliphatic carbocycles. The van der Waals surface area contributed by atoms with Gasteiger partial charge in [-0.2, -0.15) is 4.98 Å². The Balaban J connectivity index is 1.31. The zero-order valence-corrected chi connectivity index (χ0v) is 18.1. The predicted molar refractivity (Wildman–Crippen MR) is 121 cm³/mol. The summed E-state index contributed by atoms with van der Waals surface area (Å²) in [6.07, 6.45) is 5.45. The monoisotopic (exact) mass is 445 g/mol. The molecule has 168 valence electrons. The van der Waals surface area contributed by atoms with Crippen LogP contribution in [-0.2, 0) is 17.8 Å². The van der Waals surface area contributed by atoms with Gasteiger partial charge in [-0.1, -0.05) is 5.16 Å². The summed E-state index contributed by atoms with van der Waals surface area (Å²) in [5.41, 5.74) is 1.77. The van der Waals surface area contributed by atoms with Gasteiger partial charge in [-0.05, 0) is 61.0 Å². The van der Waals surface area contributed by atoms with Crippen LogP contribution in [0, 0.1) is 0 Å². The molecular formula is C24H23N5O4. The maximum Gasteiger partial charge on any atom is 0.227 e. The molecule has 0 saturated heterocycles. The van der Waals surface area contributed by atoms with Crippen molar-refractivity contribution in [1.82, 2.24) is 20.1 Å². The summed E-state index contributed by atoms with van der Waals surface area (Å²) < 4.78 is 16.5. The third kappa shape index (κ3) is 6.13. The lowest BCUT2D eigenvalue weighted by molar-refractivity contribution is -0.116. The molecule has 4 rings (SSSR count). The van der Waals surface area contributed by atoms with Crippen molar-refractivity contribution in [1.29, 1.82) is 0 Å². The molecule has 0 fully saturated rings. The summed E-state index contributed by atoms with van der Waals surface area (Å²) in [5, 5.41) is 6.78. The van der Waals surface area contributed by atoms with E-state index in [1.165, 1.54) is 0 Å². The highest BCUT2D eigenvalue weighted by molar-refractivity contribution is 5.91. The van der Waals surface area contributed by atoms with E-state index < -0.39 is 0 Å². The summed E-state index contributed by atoms with van der Waals surface area (Å²) in [4.78, 5) is 25.0. The summed E-state index contributed by atoms with van der Waals surface area (Å²) >= 11 is 0. The fourth-order valence-electron chi connectivity index (χ4n) is 3.00. The van der Waals surface area contributed by atoms with Crippen LogP contribution in [0.4, 0.5) is 5.82 Å². The Morgan fingerprint density at radius 3 is 2.64 bits per heavy atom. The van der Waals surface area contributed by atoms with Gasteiger partial charge in [-0.3, -0.25) is 9.78 Å². The Labute approximate surface area is 190 Å². The third-order valence-electron chi connectivity index (χ3n) is 4.63. The number of ether oxygens (including phenoxy) is 2. The Bertz CT molecular complexity index is 1180. The maximum absolute atomic E-state index is 12.5. The number of nitrogens with one attached hydrogen (secondary N) is 1. The number of aromatic nitrogens is 4. The molecular weight excluding hydrogens is 422 g/mol. The standard InChI is InChI=1S/C24H23N5O4/c1-2-31-19-7-5-18(6-8-19)23-28-22(33-29-23)10-9-21(30)27-24-20(4-3-13-26-24)32-16-17-11-14-25-15-12-17/h3-8,11-15H,2,9-10,16H2,1H3,(H,26,27,30). The van der Waals surface area contributed by atoms with E-state index in [-0.39, 0.29) is 12.3 Å². The minimum absolute atomic E-state index is 0.158. The van der Waals surface area contributed by atoms with Gasteiger partial charge < -0.3 is 19.3 Å². The summed E-state index contributed by atoms with van der Waals surface area (Å²) in [5.74, 6) is 2.23. The Kier molecular flexibility index (Phi) is 7.22. The lowest BCUT2D eigenvalue weighted by Gasteiger charge is -2.11. The van der Waals surface area contributed by atoms with Crippen LogP contribution in [0.5, 0.6) is 11.5 Å². The second-order valence-corrected chi connectivity index (χ2v) is 7.01. The van der Waals surface area contributed by atoms with E-state index in [9.17, 15) is 4.79 Å². The minimum Gasteiger partial charge on any atom is -0.494 e. The second-order valence-electron chi connectivity index (χ2n) is 7.01. The van der Waals surface area contributed by atoms with E-state index in [1.807, 2.05) is 43.3 Å². The van der Waals surface area contributed by atoms with E-state index in [4.69, 9.17) is 14.0 Å². The van der Waals surface area contributed by atoms with Crippen molar-refractivity contribution in [2.24, 2.45) is 0 Å². The number of hydrogen-bond donors (Lipinski definition) is 1. The minimum atomic E-state index is -0.233. The van der Waals surface area contributed by atoms with Gasteiger partial charge in [0, 0.05) is 37.0 Å². The van der Waals surface area contributed by atoms with Crippen molar-refractivity contribution in [2.45, 2.75) is 26.4 Å². The SMILES string of the molecule is CCOc1ccc(-c2noc(CCC(=O)Nc3ncccc3OCc3ccncc3)n2)cc1. The van der Waals surface area contributed by atoms with Crippen LogP contribution in [0.15, 0.2) is 71.6 Å². The molecule has 1 N–H and O–H groups in total. The number of pyridine rings is 2. The molecule has 0 unspecified atom stereocenters. The third-order valence-corrected chi connectivity index (χ3v) is 4.63. The zero-order chi connectivity index (χ0) is 22.9. The molecule has 0 bridgehead atoms. The van der Waals surface area contributed by atoms with Gasteiger partial charge in [0.2, 0.25) is 17.6 Å². The molecule has 9 heteroatoms. The van der Waals surface area contributed by atoms with Gasteiger partial charge in [0.15, 0.2) is 11.6 Å². The van der Waals surface area contributed by atoms with Crippen LogP contribution in [0.1, 0.15) is 24.8 Å². The highest BCUT2D eigenvalue weighted by atomic mass is 16.5. The second kappa shape index (κ2) is 10.9. The van der Waals surface area contributed by atoms with Crippen molar-refractivity contribution in [3.8, 4) is 22.9 Å². The average Bonchev–Trinajstić information content (AvgIpc) is 3.33. The number of carbonyl (C=O) groups is 1. The van der Waals surface area contributed by atoms with E-state index in [2.05, 4.69) is 25.4 Å². The summed E-state index contributed by atoms with van der Waals surface area (Å²) in [7, 11) is 0. The van der Waals surface area contributed by atoms with Crippen LogP contribution < -0.4 is 14.8 Å². The van der Waals surface area contributed by atoms with Crippen LogP contribution in [0.3, 0.4) is 0 Å². The molecule has 0 atom stereocenters. The number of hydrogen-bond acceptors (Lipinski definition) is 8. The van der Waals surface area contributed by atoms with Crippen molar-refractivity contribution >= 4 is 11.7 Å². The topological polar surface area (TPSA) is 112 Å². The Morgan fingerprint density at radius 2 is 1.85 bits per heavy atom. The van der Waals surface area contributed by atoms with Crippen LogP contribution in [0.2, 0.25) is 0 Å². The number of aryl methyl sites for hydroxylation is 1. The molecule has 0 aliphatic heterocycles. The van der Waals surface area contributed by atoms with Crippen LogP contribution >= 0.6 is 0 Å². The molecule has 1 aromatic carbocycles. The number of benzene rings is 1. The number of rotatable bonds is 10. The highest BCUT2D eigenvalue weighted by Crippen LogP contribution is 2.23. The van der Waals surface area contributed by atoms with E-state index in [0.29, 0.717) is 42.9 Å². The van der Waals surface area contributed by atoms with Crippen molar-refractivity contribution in [3.05, 3.63) is 78.6 Å². The molecule has 0 radical (unpaired) electrons. The molecule has 33 heavy (non-hydrogen) atoms. The first-order valence-corrected chi connectivity index (χ1v) is 10.5. The van der Waals surface area contributed by atoms with Gasteiger partial charge in [0.25, 0.3) is 0 Å². The molecule has 3 heterocycles. The van der Waals surface area contributed by atoms with Crippen molar-refractivity contribution < 1.29 is 18.8 Å².